The summed E-state index contributed by atoms with van der Waals surface area (Å²) in [5.41, 5.74) is 5.73. The molecule has 1 aromatic carbocycles. The maximum Gasteiger partial charge on any atom is 0.488 e. The molecule has 1 aromatic heterocycles. The molecule has 0 aliphatic heterocycles. The molecule has 0 aliphatic rings. The number of aromatic nitrogens is 2. The van der Waals surface area contributed by atoms with Gasteiger partial charge < -0.3 is 14.3 Å². The second-order valence-electron chi connectivity index (χ2n) is 2.95. The van der Waals surface area contributed by atoms with Gasteiger partial charge in [-0.15, -0.1) is 5.10 Å². The van der Waals surface area contributed by atoms with E-state index in [4.69, 9.17) is 10.2 Å². The summed E-state index contributed by atoms with van der Waals surface area (Å²) in [7, 11) is -5.02. The number of anilines is 1. The van der Waals surface area contributed by atoms with Gasteiger partial charge in [0.25, 0.3) is 0 Å². The highest BCUT2D eigenvalue weighted by atomic mass is 32.3. The number of nitrogen functional groups attached to an aromatic ring is 1. The minimum Gasteiger partial charge on any atom is -0.404 e. The van der Waals surface area contributed by atoms with Crippen LogP contribution in [0.1, 0.15) is 0 Å². The molecule has 2 N–H and O–H groups in total. The van der Waals surface area contributed by atoms with Gasteiger partial charge in [0.15, 0.2) is 0 Å². The van der Waals surface area contributed by atoms with Crippen molar-refractivity contribution in [1.82, 2.24) is 10.2 Å². The van der Waals surface area contributed by atoms with E-state index in [0.29, 0.717) is 5.56 Å². The molecule has 0 saturated heterocycles. The molecular weight excluding hydrogens is 253 g/mol. The third-order valence-electron chi connectivity index (χ3n) is 1.74. The lowest BCUT2D eigenvalue weighted by atomic mass is 10.2. The van der Waals surface area contributed by atoms with Gasteiger partial charge in [-0.05, 0) is 24.3 Å². The average molecular weight is 259 g/mol. The fourth-order valence-electron chi connectivity index (χ4n) is 1.12. The van der Waals surface area contributed by atoms with Gasteiger partial charge in [0.05, 0.1) is 0 Å². The first-order chi connectivity index (χ1) is 7.94. The van der Waals surface area contributed by atoms with Gasteiger partial charge >= 0.3 is 16.5 Å². The quantitative estimate of drug-likeness (QED) is 0.816. The number of rotatable bonds is 3. The number of nitrogens with zero attached hydrogens (tertiary/aromatic N) is 2. The van der Waals surface area contributed by atoms with Crippen molar-refractivity contribution in [1.29, 1.82) is 0 Å². The number of nitrogens with two attached hydrogens (primary N) is 1. The Bertz CT molecular complexity index is 622. The predicted molar refractivity (Wildman–Crippen MR) is 54.8 cm³/mol. The third-order valence-corrected chi connectivity index (χ3v) is 2.13. The van der Waals surface area contributed by atoms with E-state index in [1.807, 2.05) is 0 Å². The molecule has 0 radical (unpaired) electrons. The highest BCUT2D eigenvalue weighted by Crippen LogP contribution is 2.22. The standard InChI is InChI=1S/C8H6FN3O4S/c9-17(13,14)16-6-3-1-5(2-4-6)7-11-12-8(10)15-7/h1-4H,(H2,10,12). The zero-order chi connectivity index (χ0) is 12.5. The monoisotopic (exact) mass is 259 g/mol. The number of halogens is 1. The summed E-state index contributed by atoms with van der Waals surface area (Å²) in [6.07, 6.45) is 0. The predicted octanol–water partition coefficient (Wildman–Crippen LogP) is 0.912. The fraction of sp³-hybridized carbons (Fsp3) is 0. The van der Waals surface area contributed by atoms with Crippen LogP contribution in [-0.2, 0) is 10.5 Å². The lowest BCUT2D eigenvalue weighted by Crippen LogP contribution is -2.00. The molecule has 0 aliphatic carbocycles. The van der Waals surface area contributed by atoms with Gasteiger partial charge in [0.1, 0.15) is 5.75 Å². The van der Waals surface area contributed by atoms with Crippen molar-refractivity contribution in [3.63, 3.8) is 0 Å². The second-order valence-corrected chi connectivity index (χ2v) is 3.90. The lowest BCUT2D eigenvalue weighted by molar-refractivity contribution is 0.440. The van der Waals surface area contributed by atoms with Crippen molar-refractivity contribution in [3.05, 3.63) is 24.3 Å². The van der Waals surface area contributed by atoms with Crippen LogP contribution in [0.25, 0.3) is 11.5 Å². The third kappa shape index (κ3) is 2.91. The largest absolute Gasteiger partial charge is 0.488 e. The molecule has 0 unspecified atom stereocenters. The molecule has 0 fully saturated rings. The van der Waals surface area contributed by atoms with Crippen molar-refractivity contribution in [2.45, 2.75) is 0 Å². The first kappa shape index (κ1) is 11.3. The Morgan fingerprint density at radius 3 is 2.35 bits per heavy atom. The number of benzene rings is 1. The molecule has 0 amide bonds. The van der Waals surface area contributed by atoms with Crippen LogP contribution in [0.2, 0.25) is 0 Å². The van der Waals surface area contributed by atoms with Crippen LogP contribution in [-0.4, -0.2) is 18.6 Å². The van der Waals surface area contributed by atoms with E-state index in [1.165, 1.54) is 24.3 Å². The molecule has 1 heterocycles. The molecule has 9 heteroatoms. The van der Waals surface area contributed by atoms with E-state index in [1.54, 1.807) is 0 Å². The first-order valence-corrected chi connectivity index (χ1v) is 5.58. The molecule has 0 spiro atoms. The van der Waals surface area contributed by atoms with Crippen molar-refractivity contribution >= 4 is 16.5 Å². The highest BCUT2D eigenvalue weighted by molar-refractivity contribution is 7.81. The Balaban J connectivity index is 2.24. The maximum absolute atomic E-state index is 12.2. The molecule has 0 bridgehead atoms. The molecule has 90 valence electrons. The van der Waals surface area contributed by atoms with Gasteiger partial charge in [-0.25, -0.2) is 0 Å². The Morgan fingerprint density at radius 2 is 1.88 bits per heavy atom. The van der Waals surface area contributed by atoms with Gasteiger partial charge in [-0.2, -0.15) is 8.42 Å². The van der Waals surface area contributed by atoms with E-state index >= 15 is 0 Å². The van der Waals surface area contributed by atoms with Crippen molar-refractivity contribution < 1.29 is 20.9 Å². The van der Waals surface area contributed by atoms with E-state index in [2.05, 4.69) is 14.4 Å². The lowest BCUT2D eigenvalue weighted by Gasteiger charge is -1.99. The van der Waals surface area contributed by atoms with Crippen molar-refractivity contribution in [2.75, 3.05) is 5.73 Å². The summed E-state index contributed by atoms with van der Waals surface area (Å²) in [5.74, 6) is 0.000827. The summed E-state index contributed by atoms with van der Waals surface area (Å²) in [5, 5.41) is 7.06. The Labute approximate surface area is 95.4 Å². The van der Waals surface area contributed by atoms with Crippen LogP contribution < -0.4 is 9.92 Å². The van der Waals surface area contributed by atoms with Crippen LogP contribution in [0.3, 0.4) is 0 Å². The molecular formula is C8H6FN3O4S. The first-order valence-electron chi connectivity index (χ1n) is 4.27. The van der Waals surface area contributed by atoms with E-state index in [-0.39, 0.29) is 17.7 Å². The summed E-state index contributed by atoms with van der Waals surface area (Å²) < 4.78 is 41.6. The number of hydrogen-bond donors (Lipinski definition) is 1. The van der Waals surface area contributed by atoms with Crippen LogP contribution in [0.15, 0.2) is 28.7 Å². The van der Waals surface area contributed by atoms with Gasteiger partial charge in [0, 0.05) is 5.56 Å². The van der Waals surface area contributed by atoms with E-state index in [0.717, 1.165) is 0 Å². The van der Waals surface area contributed by atoms with Crippen molar-refractivity contribution in [3.8, 4) is 17.2 Å². The summed E-state index contributed by atoms with van der Waals surface area (Å²) in [6.45, 7) is 0. The summed E-state index contributed by atoms with van der Waals surface area (Å²) >= 11 is 0. The average Bonchev–Trinajstić information content (AvgIpc) is 2.63. The van der Waals surface area contributed by atoms with Crippen molar-refractivity contribution in [2.24, 2.45) is 0 Å². The molecule has 0 saturated carbocycles. The minimum atomic E-state index is -5.02. The Hall–Kier alpha value is -2.16. The Morgan fingerprint density at radius 1 is 1.24 bits per heavy atom. The van der Waals surface area contributed by atoms with Gasteiger partial charge in [-0.3, -0.25) is 0 Å². The van der Waals surface area contributed by atoms with E-state index < -0.39 is 10.5 Å². The Kier molecular flexibility index (Phi) is 2.68. The molecule has 7 nitrogen and oxygen atoms in total. The van der Waals surface area contributed by atoms with Crippen LogP contribution in [0.4, 0.5) is 9.90 Å². The fourth-order valence-corrected chi connectivity index (χ4v) is 1.46. The van der Waals surface area contributed by atoms with Crippen LogP contribution in [0, 0.1) is 0 Å². The van der Waals surface area contributed by atoms with E-state index in [9.17, 15) is 12.3 Å². The molecule has 0 atom stereocenters. The topological polar surface area (TPSA) is 108 Å². The molecule has 2 rings (SSSR count). The number of hydrogen-bond acceptors (Lipinski definition) is 7. The van der Waals surface area contributed by atoms with Gasteiger partial charge in [0.2, 0.25) is 5.89 Å². The smallest absolute Gasteiger partial charge is 0.404 e. The maximum atomic E-state index is 12.2. The highest BCUT2D eigenvalue weighted by Gasteiger charge is 2.11. The summed E-state index contributed by atoms with van der Waals surface area (Å²) in [6, 6.07) is 5.24. The van der Waals surface area contributed by atoms with Crippen LogP contribution in [0.5, 0.6) is 5.75 Å². The van der Waals surface area contributed by atoms with Gasteiger partial charge in [-0.1, -0.05) is 8.98 Å². The minimum absolute atomic E-state index is 0.0911. The molecule has 17 heavy (non-hydrogen) atoms. The SMILES string of the molecule is Nc1nnc(-c2ccc(OS(=O)(=O)F)cc2)o1. The zero-order valence-electron chi connectivity index (χ0n) is 8.20. The second kappa shape index (κ2) is 4.01. The van der Waals surface area contributed by atoms with Crippen LogP contribution >= 0.6 is 0 Å². The normalized spacial score (nSPS) is 11.4. The zero-order valence-corrected chi connectivity index (χ0v) is 9.02. The summed E-state index contributed by atoms with van der Waals surface area (Å²) in [4.78, 5) is 0. The molecule has 2 aromatic rings.